The van der Waals surface area contributed by atoms with Gasteiger partial charge in [-0.05, 0) is 35.9 Å². The summed E-state index contributed by atoms with van der Waals surface area (Å²) in [5.41, 5.74) is 0.0778. The summed E-state index contributed by atoms with van der Waals surface area (Å²) < 4.78 is 13.6. The zero-order valence-electron chi connectivity index (χ0n) is 9.24. The van der Waals surface area contributed by atoms with E-state index in [4.69, 9.17) is 0 Å². The van der Waals surface area contributed by atoms with E-state index in [9.17, 15) is 14.5 Å². The van der Waals surface area contributed by atoms with Crippen molar-refractivity contribution in [2.75, 3.05) is 5.32 Å². The standard InChI is InChI=1S/C11H12FIN2O2/c1-3-4-7(2)14-10-5-8(12)9(13)6-11(10)15(16)17/h3,5-7,14H,1,4H2,2H3. The van der Waals surface area contributed by atoms with Gasteiger partial charge in [0.15, 0.2) is 0 Å². The lowest BCUT2D eigenvalue weighted by Crippen LogP contribution is -2.15. The molecule has 0 saturated heterocycles. The molecule has 1 atom stereocenters. The van der Waals surface area contributed by atoms with Crippen LogP contribution in [0.25, 0.3) is 0 Å². The van der Waals surface area contributed by atoms with Crippen molar-refractivity contribution >= 4 is 34.0 Å². The van der Waals surface area contributed by atoms with Gasteiger partial charge in [-0.25, -0.2) is 4.39 Å². The van der Waals surface area contributed by atoms with Crippen LogP contribution in [0.3, 0.4) is 0 Å². The summed E-state index contributed by atoms with van der Waals surface area (Å²) in [6, 6.07) is 2.34. The smallest absolute Gasteiger partial charge is 0.293 e. The fourth-order valence-corrected chi connectivity index (χ4v) is 1.83. The van der Waals surface area contributed by atoms with Crippen LogP contribution in [-0.4, -0.2) is 11.0 Å². The molecule has 1 aromatic carbocycles. The Morgan fingerprint density at radius 2 is 2.35 bits per heavy atom. The average molecular weight is 350 g/mol. The van der Waals surface area contributed by atoms with Crippen molar-refractivity contribution in [3.63, 3.8) is 0 Å². The van der Waals surface area contributed by atoms with Crippen molar-refractivity contribution in [2.24, 2.45) is 0 Å². The normalized spacial score (nSPS) is 11.9. The van der Waals surface area contributed by atoms with Crippen LogP contribution >= 0.6 is 22.6 Å². The van der Waals surface area contributed by atoms with Gasteiger partial charge in [0.05, 0.1) is 8.49 Å². The molecule has 6 heteroatoms. The summed E-state index contributed by atoms with van der Waals surface area (Å²) in [5.74, 6) is -0.468. The van der Waals surface area contributed by atoms with Crippen LogP contribution in [0.4, 0.5) is 15.8 Å². The van der Waals surface area contributed by atoms with Gasteiger partial charge < -0.3 is 5.32 Å². The Bertz CT molecular complexity index is 451. The average Bonchev–Trinajstić information content (AvgIpc) is 2.23. The van der Waals surface area contributed by atoms with Crippen LogP contribution in [0.5, 0.6) is 0 Å². The maximum absolute atomic E-state index is 13.4. The Hall–Kier alpha value is -1.18. The molecule has 0 aliphatic carbocycles. The summed E-state index contributed by atoms with van der Waals surface area (Å²) in [6.07, 6.45) is 2.34. The topological polar surface area (TPSA) is 55.2 Å². The molecular weight excluding hydrogens is 338 g/mol. The predicted octanol–water partition coefficient (Wildman–Crippen LogP) is 3.72. The minimum absolute atomic E-state index is 0.0364. The molecule has 0 amide bonds. The van der Waals surface area contributed by atoms with Crippen LogP contribution in [0.15, 0.2) is 24.8 Å². The molecule has 0 saturated carbocycles. The Labute approximate surface area is 112 Å². The number of nitro groups is 1. The van der Waals surface area contributed by atoms with Crippen molar-refractivity contribution in [1.82, 2.24) is 0 Å². The number of hydrogen-bond acceptors (Lipinski definition) is 3. The molecule has 0 aliphatic rings. The van der Waals surface area contributed by atoms with Gasteiger partial charge in [-0.15, -0.1) is 6.58 Å². The number of nitro benzene ring substituents is 1. The largest absolute Gasteiger partial charge is 0.377 e. The highest BCUT2D eigenvalue weighted by atomic mass is 127. The van der Waals surface area contributed by atoms with Crippen molar-refractivity contribution in [3.8, 4) is 0 Å². The molecule has 0 spiro atoms. The van der Waals surface area contributed by atoms with Gasteiger partial charge in [-0.2, -0.15) is 0 Å². The van der Waals surface area contributed by atoms with E-state index >= 15 is 0 Å². The highest BCUT2D eigenvalue weighted by Gasteiger charge is 2.18. The highest BCUT2D eigenvalue weighted by molar-refractivity contribution is 14.1. The molecule has 1 rings (SSSR count). The summed E-state index contributed by atoms with van der Waals surface area (Å²) >= 11 is 1.73. The van der Waals surface area contributed by atoms with Gasteiger partial charge in [0.1, 0.15) is 11.5 Å². The molecule has 0 fully saturated rings. The first-order valence-corrected chi connectivity index (χ1v) is 6.04. The SMILES string of the molecule is C=CCC(C)Nc1cc(F)c(I)cc1[N+](=O)[O-]. The fourth-order valence-electron chi connectivity index (χ4n) is 1.38. The van der Waals surface area contributed by atoms with E-state index in [1.165, 1.54) is 6.07 Å². The number of rotatable bonds is 5. The second kappa shape index (κ2) is 5.95. The first kappa shape index (κ1) is 13.9. The number of halogens is 2. The van der Waals surface area contributed by atoms with E-state index in [1.54, 1.807) is 28.7 Å². The van der Waals surface area contributed by atoms with Crippen LogP contribution in [-0.2, 0) is 0 Å². The second-order valence-electron chi connectivity index (χ2n) is 3.61. The molecule has 0 radical (unpaired) electrons. The molecule has 92 valence electrons. The van der Waals surface area contributed by atoms with Crippen LogP contribution in [0, 0.1) is 19.5 Å². The Morgan fingerprint density at radius 1 is 1.71 bits per heavy atom. The Balaban J connectivity index is 3.08. The second-order valence-corrected chi connectivity index (χ2v) is 4.77. The van der Waals surface area contributed by atoms with Crippen molar-refractivity contribution in [1.29, 1.82) is 0 Å². The van der Waals surface area contributed by atoms with E-state index < -0.39 is 10.7 Å². The molecule has 0 aromatic heterocycles. The summed E-state index contributed by atoms with van der Waals surface area (Å²) in [4.78, 5) is 10.3. The zero-order chi connectivity index (χ0) is 13.0. The van der Waals surface area contributed by atoms with Gasteiger partial charge in [0.2, 0.25) is 0 Å². The van der Waals surface area contributed by atoms with Crippen LogP contribution in [0.1, 0.15) is 13.3 Å². The first-order valence-electron chi connectivity index (χ1n) is 4.96. The zero-order valence-corrected chi connectivity index (χ0v) is 11.4. The molecule has 4 nitrogen and oxygen atoms in total. The monoisotopic (exact) mass is 350 g/mol. The molecule has 1 N–H and O–H groups in total. The maximum Gasteiger partial charge on any atom is 0.293 e. The van der Waals surface area contributed by atoms with Crippen molar-refractivity contribution in [2.45, 2.75) is 19.4 Å². The number of nitrogens with zero attached hydrogens (tertiary/aromatic N) is 1. The van der Waals surface area contributed by atoms with E-state index in [-0.39, 0.29) is 21.0 Å². The van der Waals surface area contributed by atoms with Crippen LogP contribution < -0.4 is 5.32 Å². The third kappa shape index (κ3) is 3.65. The minimum Gasteiger partial charge on any atom is -0.377 e. The third-order valence-corrected chi connectivity index (χ3v) is 2.98. The molecule has 0 aliphatic heterocycles. The summed E-state index contributed by atoms with van der Waals surface area (Å²) in [6.45, 7) is 5.43. The summed E-state index contributed by atoms with van der Waals surface area (Å²) in [7, 11) is 0. The van der Waals surface area contributed by atoms with E-state index in [1.807, 2.05) is 6.92 Å². The van der Waals surface area contributed by atoms with E-state index in [0.717, 1.165) is 6.07 Å². The lowest BCUT2D eigenvalue weighted by Gasteiger charge is -2.13. The molecule has 1 aromatic rings. The first-order chi connectivity index (χ1) is 7.95. The van der Waals surface area contributed by atoms with Gasteiger partial charge in [0, 0.05) is 18.2 Å². The fraction of sp³-hybridized carbons (Fsp3) is 0.273. The van der Waals surface area contributed by atoms with E-state index in [0.29, 0.717) is 6.42 Å². The van der Waals surface area contributed by atoms with Gasteiger partial charge in [-0.3, -0.25) is 10.1 Å². The molecular formula is C11H12FIN2O2. The predicted molar refractivity (Wildman–Crippen MR) is 73.7 cm³/mol. The van der Waals surface area contributed by atoms with E-state index in [2.05, 4.69) is 11.9 Å². The molecule has 1 unspecified atom stereocenters. The number of hydrogen-bond donors (Lipinski definition) is 1. The number of nitrogens with one attached hydrogen (secondary N) is 1. The Morgan fingerprint density at radius 3 is 2.88 bits per heavy atom. The van der Waals surface area contributed by atoms with Crippen molar-refractivity contribution < 1.29 is 9.31 Å². The number of benzene rings is 1. The maximum atomic E-state index is 13.4. The van der Waals surface area contributed by atoms with Crippen LogP contribution in [0.2, 0.25) is 0 Å². The van der Waals surface area contributed by atoms with Gasteiger partial charge in [0.25, 0.3) is 5.69 Å². The number of anilines is 1. The van der Waals surface area contributed by atoms with Crippen molar-refractivity contribution in [3.05, 3.63) is 44.3 Å². The molecule has 0 bridgehead atoms. The lowest BCUT2D eigenvalue weighted by molar-refractivity contribution is -0.384. The molecule has 0 heterocycles. The summed E-state index contributed by atoms with van der Waals surface area (Å²) in [5, 5.41) is 13.7. The highest BCUT2D eigenvalue weighted by Crippen LogP contribution is 2.29. The quantitative estimate of drug-likeness (QED) is 0.381. The molecule has 17 heavy (non-hydrogen) atoms. The van der Waals surface area contributed by atoms with Gasteiger partial charge in [-0.1, -0.05) is 6.08 Å². The lowest BCUT2D eigenvalue weighted by atomic mass is 10.2. The Kier molecular flexibility index (Phi) is 4.86. The van der Waals surface area contributed by atoms with Gasteiger partial charge >= 0.3 is 0 Å². The third-order valence-electron chi connectivity index (χ3n) is 2.16. The minimum atomic E-state index is -0.523.